The number of hydrogen-bond acceptors (Lipinski definition) is 6. The van der Waals surface area contributed by atoms with Crippen LogP contribution in [0.4, 0.5) is 14.9 Å². The summed E-state index contributed by atoms with van der Waals surface area (Å²) in [5, 5.41) is 13.0. The van der Waals surface area contributed by atoms with Crippen molar-refractivity contribution >= 4 is 41.5 Å². The largest absolute Gasteiger partial charge is 0.497 e. The van der Waals surface area contributed by atoms with E-state index in [0.29, 0.717) is 46.1 Å². The third kappa shape index (κ3) is 6.65. The third-order valence-corrected chi connectivity index (χ3v) is 9.30. The Labute approximate surface area is 257 Å². The van der Waals surface area contributed by atoms with Crippen LogP contribution in [0.15, 0.2) is 67.0 Å². The predicted molar refractivity (Wildman–Crippen MR) is 174 cm³/mol. The van der Waals surface area contributed by atoms with Gasteiger partial charge in [0.25, 0.3) is 0 Å². The molecule has 230 valence electrons. The van der Waals surface area contributed by atoms with Crippen LogP contribution < -0.4 is 14.4 Å². The lowest BCUT2D eigenvalue weighted by Gasteiger charge is -2.23. The quantitative estimate of drug-likeness (QED) is 0.162. The van der Waals surface area contributed by atoms with Crippen LogP contribution in [-0.2, 0) is 24.8 Å². The molecule has 0 radical (unpaired) electrons. The second-order valence-electron chi connectivity index (χ2n) is 12.2. The lowest BCUT2D eigenvalue weighted by atomic mass is 10.0. The topological polar surface area (TPSA) is 86.0 Å². The number of aromatic nitrogens is 2. The van der Waals surface area contributed by atoms with Gasteiger partial charge in [-0.15, -0.1) is 0 Å². The second-order valence-corrected chi connectivity index (χ2v) is 17.8. The summed E-state index contributed by atoms with van der Waals surface area (Å²) < 4.78 is 32.6. The van der Waals surface area contributed by atoms with Crippen molar-refractivity contribution in [2.24, 2.45) is 7.05 Å². The van der Waals surface area contributed by atoms with Crippen LogP contribution in [0, 0.1) is 5.82 Å². The molecule has 44 heavy (non-hydrogen) atoms. The second kappa shape index (κ2) is 12.6. The molecule has 0 aliphatic rings. The van der Waals surface area contributed by atoms with Gasteiger partial charge in [0, 0.05) is 45.3 Å². The molecule has 0 aliphatic carbocycles. The van der Waals surface area contributed by atoms with Crippen LogP contribution in [0.2, 0.25) is 25.7 Å². The van der Waals surface area contributed by atoms with Gasteiger partial charge in [-0.2, -0.15) is 0 Å². The molecule has 5 rings (SSSR count). The number of methoxy groups -OCH3 is 1. The van der Waals surface area contributed by atoms with Crippen molar-refractivity contribution in [1.29, 1.82) is 0 Å². The highest BCUT2D eigenvalue weighted by Gasteiger charge is 2.27. The number of fused-ring (bicyclic) bond motifs is 2. The van der Waals surface area contributed by atoms with E-state index >= 15 is 0 Å². The molecule has 5 aromatic rings. The van der Waals surface area contributed by atoms with E-state index in [1.165, 1.54) is 17.0 Å². The fraction of sp³-hybridized carbons (Fsp3) is 0.294. The maximum Gasteiger partial charge on any atom is 0.414 e. The molecule has 0 saturated carbocycles. The van der Waals surface area contributed by atoms with Gasteiger partial charge in [0.15, 0.2) is 5.75 Å². The van der Waals surface area contributed by atoms with E-state index in [-0.39, 0.29) is 18.3 Å². The number of ether oxygens (including phenoxy) is 3. The van der Waals surface area contributed by atoms with Crippen molar-refractivity contribution in [2.45, 2.75) is 38.7 Å². The number of amides is 1. The maximum atomic E-state index is 13.6. The average Bonchev–Trinajstić information content (AvgIpc) is 3.28. The highest BCUT2D eigenvalue weighted by molar-refractivity contribution is 6.76. The number of anilines is 1. The Bertz CT molecular complexity index is 1800. The number of benzene rings is 3. The molecule has 1 N–H and O–H groups in total. The van der Waals surface area contributed by atoms with E-state index in [9.17, 15) is 14.3 Å². The molecule has 10 heteroatoms. The summed E-state index contributed by atoms with van der Waals surface area (Å²) in [6.07, 6.45) is 3.53. The molecule has 0 saturated heterocycles. The van der Waals surface area contributed by atoms with E-state index < -0.39 is 14.2 Å². The fourth-order valence-electron chi connectivity index (χ4n) is 5.10. The van der Waals surface area contributed by atoms with Gasteiger partial charge in [0.2, 0.25) is 5.88 Å². The molecular formula is C34H38FN3O5Si. The van der Waals surface area contributed by atoms with Crippen LogP contribution in [0.3, 0.4) is 0 Å². The summed E-state index contributed by atoms with van der Waals surface area (Å²) in [6.45, 7) is 7.24. The van der Waals surface area contributed by atoms with Crippen molar-refractivity contribution in [1.82, 2.24) is 9.55 Å². The van der Waals surface area contributed by atoms with E-state index in [0.717, 1.165) is 28.5 Å². The Morgan fingerprint density at radius 2 is 1.70 bits per heavy atom. The number of carbonyl (C=O) groups is 1. The number of rotatable bonds is 10. The molecule has 2 heterocycles. The zero-order chi connectivity index (χ0) is 31.6. The minimum absolute atomic E-state index is 0.00873. The summed E-state index contributed by atoms with van der Waals surface area (Å²) in [5.74, 6) is 0.834. The lowest BCUT2D eigenvalue weighted by Crippen LogP contribution is -2.30. The fourth-order valence-corrected chi connectivity index (χ4v) is 5.81. The molecule has 2 aromatic heterocycles. The van der Waals surface area contributed by atoms with E-state index in [1.807, 2.05) is 30.3 Å². The van der Waals surface area contributed by atoms with E-state index in [4.69, 9.17) is 19.2 Å². The van der Waals surface area contributed by atoms with Crippen LogP contribution in [0.25, 0.3) is 21.7 Å². The molecular weight excluding hydrogens is 577 g/mol. The van der Waals surface area contributed by atoms with E-state index in [1.54, 1.807) is 50.3 Å². The van der Waals surface area contributed by atoms with Crippen molar-refractivity contribution in [2.75, 3.05) is 25.7 Å². The first-order chi connectivity index (χ1) is 20.9. The standard InChI is InChI=1S/C34H38FN3O5Si/c1-37-20-28-29(33(37)39)32(43-21-23-9-13-26(41-3)14-10-23)30-27(31(28)38(2)34(40)42-15-16-44(4,5)6)18-24(19-36-30)17-22-7-11-25(35)12-8-22/h7-14,18-20,39H,15-17,21H2,1-6H3. The molecule has 0 bridgehead atoms. The summed E-state index contributed by atoms with van der Waals surface area (Å²) in [7, 11) is 3.60. The molecule has 0 fully saturated rings. The first-order valence-electron chi connectivity index (χ1n) is 14.5. The summed E-state index contributed by atoms with van der Waals surface area (Å²) in [5.41, 5.74) is 3.73. The summed E-state index contributed by atoms with van der Waals surface area (Å²) in [4.78, 5) is 19.7. The number of carbonyl (C=O) groups excluding carboxylic acids is 1. The van der Waals surface area contributed by atoms with Gasteiger partial charge in [-0.1, -0.05) is 43.9 Å². The van der Waals surface area contributed by atoms with Crippen LogP contribution in [-0.4, -0.2) is 49.6 Å². The number of aromatic hydroxyl groups is 1. The number of aryl methyl sites for hydroxylation is 1. The average molecular weight is 616 g/mol. The van der Waals surface area contributed by atoms with Gasteiger partial charge < -0.3 is 23.9 Å². The minimum Gasteiger partial charge on any atom is -0.497 e. The molecule has 8 nitrogen and oxygen atoms in total. The Hall–Kier alpha value is -4.57. The number of halogens is 1. The third-order valence-electron chi connectivity index (χ3n) is 7.60. The highest BCUT2D eigenvalue weighted by atomic mass is 28.3. The monoisotopic (exact) mass is 615 g/mol. The molecule has 0 aliphatic heterocycles. The first-order valence-corrected chi connectivity index (χ1v) is 18.2. The highest BCUT2D eigenvalue weighted by Crippen LogP contribution is 2.47. The van der Waals surface area contributed by atoms with Gasteiger partial charge in [-0.05, 0) is 59.5 Å². The predicted octanol–water partition coefficient (Wildman–Crippen LogP) is 7.66. The van der Waals surface area contributed by atoms with E-state index in [2.05, 4.69) is 19.6 Å². The number of nitrogens with zero attached hydrogens (tertiary/aromatic N) is 3. The van der Waals surface area contributed by atoms with Crippen molar-refractivity contribution in [3.63, 3.8) is 0 Å². The summed E-state index contributed by atoms with van der Waals surface area (Å²) >= 11 is 0. The van der Waals surface area contributed by atoms with Gasteiger partial charge in [0.05, 0.1) is 24.8 Å². The van der Waals surface area contributed by atoms with Crippen LogP contribution in [0.5, 0.6) is 17.4 Å². The maximum absolute atomic E-state index is 13.6. The molecule has 1 amide bonds. The molecule has 0 spiro atoms. The molecule has 0 atom stereocenters. The Morgan fingerprint density at radius 3 is 2.36 bits per heavy atom. The van der Waals surface area contributed by atoms with Crippen LogP contribution >= 0.6 is 0 Å². The zero-order valence-electron chi connectivity index (χ0n) is 26.0. The van der Waals surface area contributed by atoms with Gasteiger partial charge >= 0.3 is 6.09 Å². The number of hydrogen-bond donors (Lipinski definition) is 1. The van der Waals surface area contributed by atoms with Gasteiger partial charge in [-0.3, -0.25) is 9.88 Å². The van der Waals surface area contributed by atoms with Gasteiger partial charge in [-0.25, -0.2) is 9.18 Å². The molecule has 0 unspecified atom stereocenters. The normalized spacial score (nSPS) is 11.6. The minimum atomic E-state index is -1.42. The Morgan fingerprint density at radius 1 is 1.02 bits per heavy atom. The number of pyridine rings is 1. The zero-order valence-corrected chi connectivity index (χ0v) is 27.0. The van der Waals surface area contributed by atoms with Crippen molar-refractivity contribution in [3.05, 3.63) is 89.5 Å². The first kappa shape index (κ1) is 30.9. The SMILES string of the molecule is COc1ccc(COc2c3ncc(Cc4ccc(F)cc4)cc3c(N(C)C(=O)OCC[Si](C)(C)C)c3cn(C)c(O)c23)cc1. The van der Waals surface area contributed by atoms with Crippen molar-refractivity contribution in [3.8, 4) is 17.4 Å². The van der Waals surface area contributed by atoms with Gasteiger partial charge in [0.1, 0.15) is 23.7 Å². The smallest absolute Gasteiger partial charge is 0.414 e. The van der Waals surface area contributed by atoms with Crippen molar-refractivity contribution < 1.29 is 28.5 Å². The lowest BCUT2D eigenvalue weighted by molar-refractivity contribution is 0.161. The Kier molecular flexibility index (Phi) is 8.82. The molecule has 3 aromatic carbocycles. The van der Waals surface area contributed by atoms with Crippen LogP contribution in [0.1, 0.15) is 16.7 Å². The summed E-state index contributed by atoms with van der Waals surface area (Å²) in [6, 6.07) is 16.7. The Balaban J connectivity index is 1.63.